The fourth-order valence-electron chi connectivity index (χ4n) is 1.70. The number of carbonyl (C=O) groups excluding carboxylic acids is 1. The van der Waals surface area contributed by atoms with Crippen molar-refractivity contribution in [1.29, 1.82) is 0 Å². The summed E-state index contributed by atoms with van der Waals surface area (Å²) in [5.74, 6) is -0.321. The predicted molar refractivity (Wildman–Crippen MR) is 71.0 cm³/mol. The van der Waals surface area contributed by atoms with Crippen molar-refractivity contribution in [1.82, 2.24) is 4.90 Å². The molecule has 0 saturated carbocycles. The molecule has 0 saturated heterocycles. The maximum atomic E-state index is 11.8. The molecule has 0 bridgehead atoms. The monoisotopic (exact) mass is 265 g/mol. The van der Waals surface area contributed by atoms with Crippen molar-refractivity contribution in [3.63, 3.8) is 0 Å². The zero-order valence-corrected chi connectivity index (χ0v) is 11.3. The van der Waals surface area contributed by atoms with Crippen molar-refractivity contribution in [2.24, 2.45) is 0 Å². The van der Waals surface area contributed by atoms with Gasteiger partial charge in [-0.25, -0.2) is 0 Å². The van der Waals surface area contributed by atoms with Crippen molar-refractivity contribution in [2.75, 3.05) is 13.7 Å². The van der Waals surface area contributed by atoms with Gasteiger partial charge in [0.15, 0.2) is 0 Å². The van der Waals surface area contributed by atoms with Crippen LogP contribution < -0.4 is 4.74 Å². The van der Waals surface area contributed by atoms with E-state index in [1.807, 2.05) is 31.2 Å². The second kappa shape index (κ2) is 7.41. The minimum Gasteiger partial charge on any atom is -0.497 e. The third kappa shape index (κ3) is 4.99. The molecule has 0 spiro atoms. The van der Waals surface area contributed by atoms with E-state index in [1.165, 1.54) is 0 Å². The number of hydrogen-bond donors (Lipinski definition) is 1. The van der Waals surface area contributed by atoms with Gasteiger partial charge < -0.3 is 14.7 Å². The van der Waals surface area contributed by atoms with Gasteiger partial charge in [0.1, 0.15) is 5.75 Å². The van der Waals surface area contributed by atoms with Gasteiger partial charge in [0.25, 0.3) is 0 Å². The van der Waals surface area contributed by atoms with Crippen LogP contribution in [0.25, 0.3) is 0 Å². The summed E-state index contributed by atoms with van der Waals surface area (Å²) in [7, 11) is 1.60. The molecule has 0 aliphatic rings. The second-order valence-corrected chi connectivity index (χ2v) is 4.15. The molecule has 1 amide bonds. The average molecular weight is 265 g/mol. The number of carbonyl (C=O) groups is 2. The first-order chi connectivity index (χ1) is 9.06. The number of aliphatic carboxylic acids is 1. The summed E-state index contributed by atoms with van der Waals surface area (Å²) < 4.78 is 5.07. The van der Waals surface area contributed by atoms with Gasteiger partial charge in [-0.2, -0.15) is 0 Å². The van der Waals surface area contributed by atoms with Crippen molar-refractivity contribution in [2.45, 2.75) is 26.3 Å². The fraction of sp³-hybridized carbons (Fsp3) is 0.429. The largest absolute Gasteiger partial charge is 0.497 e. The van der Waals surface area contributed by atoms with Gasteiger partial charge in [0.05, 0.1) is 13.5 Å². The van der Waals surface area contributed by atoms with Crippen LogP contribution in [0.3, 0.4) is 0 Å². The SMILES string of the molecule is CCN(Cc1ccc(OC)cc1)C(=O)CCC(=O)O. The van der Waals surface area contributed by atoms with Crippen molar-refractivity contribution < 1.29 is 19.4 Å². The van der Waals surface area contributed by atoms with Crippen LogP contribution in [-0.4, -0.2) is 35.5 Å². The Labute approximate surface area is 112 Å². The number of carboxylic acids is 1. The molecule has 1 aromatic carbocycles. The summed E-state index contributed by atoms with van der Waals surface area (Å²) in [5.41, 5.74) is 0.992. The van der Waals surface area contributed by atoms with E-state index in [2.05, 4.69) is 0 Å². The molecule has 0 aliphatic heterocycles. The minimum atomic E-state index is -0.950. The van der Waals surface area contributed by atoms with Gasteiger partial charge in [0, 0.05) is 19.5 Å². The van der Waals surface area contributed by atoms with Gasteiger partial charge in [-0.3, -0.25) is 9.59 Å². The number of hydrogen-bond acceptors (Lipinski definition) is 3. The van der Waals surface area contributed by atoms with Crippen molar-refractivity contribution in [3.05, 3.63) is 29.8 Å². The number of amides is 1. The Morgan fingerprint density at radius 3 is 2.32 bits per heavy atom. The molecular weight excluding hydrogens is 246 g/mol. The molecule has 1 N–H and O–H groups in total. The zero-order chi connectivity index (χ0) is 14.3. The standard InChI is InChI=1S/C14H19NO4/c1-3-15(13(16)8-9-14(17)18)10-11-4-6-12(19-2)7-5-11/h4-7H,3,8-10H2,1-2H3,(H,17,18). The molecule has 0 aromatic heterocycles. The number of rotatable bonds is 7. The molecule has 0 heterocycles. The van der Waals surface area contributed by atoms with Crippen LogP contribution in [0.15, 0.2) is 24.3 Å². The topological polar surface area (TPSA) is 66.8 Å². The van der Waals surface area contributed by atoms with Crippen LogP contribution in [0.5, 0.6) is 5.75 Å². The van der Waals surface area contributed by atoms with E-state index in [4.69, 9.17) is 9.84 Å². The summed E-state index contributed by atoms with van der Waals surface area (Å²) in [6, 6.07) is 7.47. The number of ether oxygens (including phenoxy) is 1. The molecule has 1 aromatic rings. The second-order valence-electron chi connectivity index (χ2n) is 4.15. The Bertz CT molecular complexity index is 428. The number of benzene rings is 1. The summed E-state index contributed by atoms with van der Waals surface area (Å²) >= 11 is 0. The average Bonchev–Trinajstić information content (AvgIpc) is 2.42. The third-order valence-electron chi connectivity index (χ3n) is 2.82. The van der Waals surface area contributed by atoms with E-state index >= 15 is 0 Å². The Hall–Kier alpha value is -2.04. The highest BCUT2D eigenvalue weighted by Crippen LogP contribution is 2.13. The highest BCUT2D eigenvalue weighted by molar-refractivity contribution is 5.80. The van der Waals surface area contributed by atoms with Crippen molar-refractivity contribution in [3.8, 4) is 5.75 Å². The lowest BCUT2D eigenvalue weighted by Crippen LogP contribution is -2.30. The predicted octanol–water partition coefficient (Wildman–Crippen LogP) is 1.91. The highest BCUT2D eigenvalue weighted by Gasteiger charge is 2.13. The summed E-state index contributed by atoms with van der Waals surface area (Å²) in [5, 5.41) is 8.58. The molecule has 5 nitrogen and oxygen atoms in total. The lowest BCUT2D eigenvalue weighted by atomic mass is 10.2. The zero-order valence-electron chi connectivity index (χ0n) is 11.3. The van der Waals surface area contributed by atoms with E-state index in [0.717, 1.165) is 11.3 Å². The van der Waals surface area contributed by atoms with E-state index in [9.17, 15) is 9.59 Å². The van der Waals surface area contributed by atoms with Crippen molar-refractivity contribution >= 4 is 11.9 Å². The van der Waals surface area contributed by atoms with Crippen LogP contribution in [0.1, 0.15) is 25.3 Å². The van der Waals surface area contributed by atoms with Crippen LogP contribution in [0.2, 0.25) is 0 Å². The Morgan fingerprint density at radius 2 is 1.84 bits per heavy atom. The molecule has 0 aliphatic carbocycles. The minimum absolute atomic E-state index is 0.0410. The van der Waals surface area contributed by atoms with Crippen LogP contribution in [-0.2, 0) is 16.1 Å². The normalized spacial score (nSPS) is 10.0. The first kappa shape index (κ1) is 15.0. The van der Waals surface area contributed by atoms with Crippen LogP contribution in [0.4, 0.5) is 0 Å². The molecule has 0 radical (unpaired) electrons. The van der Waals surface area contributed by atoms with Crippen LogP contribution >= 0.6 is 0 Å². The molecule has 0 fully saturated rings. The van der Waals surface area contributed by atoms with Crippen LogP contribution in [0, 0.1) is 0 Å². The summed E-state index contributed by atoms with van der Waals surface area (Å²) in [4.78, 5) is 23.9. The Balaban J connectivity index is 2.59. The van der Waals surface area contributed by atoms with Gasteiger partial charge in [0.2, 0.25) is 5.91 Å². The third-order valence-corrected chi connectivity index (χ3v) is 2.82. The molecule has 0 unspecified atom stereocenters. The van der Waals surface area contributed by atoms with E-state index < -0.39 is 5.97 Å². The highest BCUT2D eigenvalue weighted by atomic mass is 16.5. The van der Waals surface area contributed by atoms with Gasteiger partial charge >= 0.3 is 5.97 Å². The molecule has 5 heteroatoms. The maximum Gasteiger partial charge on any atom is 0.303 e. The first-order valence-electron chi connectivity index (χ1n) is 6.19. The summed E-state index contributed by atoms with van der Waals surface area (Å²) in [6.45, 7) is 2.92. The molecule has 0 atom stereocenters. The molecule has 19 heavy (non-hydrogen) atoms. The smallest absolute Gasteiger partial charge is 0.303 e. The number of nitrogens with zero attached hydrogens (tertiary/aromatic N) is 1. The number of carboxylic acid groups (broad SMARTS) is 1. The number of methoxy groups -OCH3 is 1. The van der Waals surface area contributed by atoms with E-state index in [-0.39, 0.29) is 18.7 Å². The molecule has 1 rings (SSSR count). The lowest BCUT2D eigenvalue weighted by Gasteiger charge is -2.20. The quantitative estimate of drug-likeness (QED) is 0.817. The van der Waals surface area contributed by atoms with Gasteiger partial charge in [-0.1, -0.05) is 12.1 Å². The first-order valence-corrected chi connectivity index (χ1v) is 6.19. The van der Waals surface area contributed by atoms with Gasteiger partial charge in [-0.15, -0.1) is 0 Å². The Kier molecular flexibility index (Phi) is 5.85. The van der Waals surface area contributed by atoms with E-state index in [0.29, 0.717) is 13.1 Å². The Morgan fingerprint density at radius 1 is 1.21 bits per heavy atom. The molecular formula is C14H19NO4. The lowest BCUT2D eigenvalue weighted by molar-refractivity contribution is -0.141. The van der Waals surface area contributed by atoms with E-state index in [1.54, 1.807) is 12.0 Å². The molecule has 104 valence electrons. The summed E-state index contributed by atoms with van der Waals surface area (Å²) in [6.07, 6.45) is -0.0860. The maximum absolute atomic E-state index is 11.8. The van der Waals surface area contributed by atoms with Gasteiger partial charge in [-0.05, 0) is 24.6 Å². The fourth-order valence-corrected chi connectivity index (χ4v) is 1.70.